The SMILES string of the molecule is COC(=O)C(Cl)(Br)C(F)Cl. The Kier molecular flexibility index (Phi) is 3.91. The predicted octanol–water partition coefficient (Wildman–Crippen LogP) is 2.02. The maximum absolute atomic E-state index is 12.2. The molecule has 0 amide bonds. The molecule has 0 saturated carbocycles. The number of rotatable bonds is 2. The van der Waals surface area contributed by atoms with Crippen LogP contribution in [0.3, 0.4) is 0 Å². The van der Waals surface area contributed by atoms with E-state index in [0.717, 1.165) is 7.11 Å². The summed E-state index contributed by atoms with van der Waals surface area (Å²) < 4.78 is 14.4. The van der Waals surface area contributed by atoms with Crippen LogP contribution in [0.4, 0.5) is 4.39 Å². The molecule has 2 atom stereocenters. The lowest BCUT2D eigenvalue weighted by molar-refractivity contribution is -0.141. The molecular weight excluding hydrogens is 250 g/mol. The van der Waals surface area contributed by atoms with Crippen molar-refractivity contribution in [3.63, 3.8) is 0 Å². The normalized spacial score (nSPS) is 19.3. The second-order valence-electron chi connectivity index (χ2n) is 1.42. The third kappa shape index (κ3) is 2.25. The molecule has 0 aromatic carbocycles. The number of hydrogen-bond donors (Lipinski definition) is 0. The van der Waals surface area contributed by atoms with Crippen LogP contribution in [0.5, 0.6) is 0 Å². The van der Waals surface area contributed by atoms with Crippen LogP contribution in [0.1, 0.15) is 0 Å². The molecule has 0 aromatic heterocycles. The van der Waals surface area contributed by atoms with Gasteiger partial charge in [-0.15, -0.1) is 0 Å². The van der Waals surface area contributed by atoms with Crippen LogP contribution in [0.25, 0.3) is 0 Å². The third-order valence-electron chi connectivity index (χ3n) is 0.732. The molecule has 0 spiro atoms. The maximum Gasteiger partial charge on any atom is 0.342 e. The molecule has 0 aromatic rings. The summed E-state index contributed by atoms with van der Waals surface area (Å²) in [5, 5.41) is 0. The largest absolute Gasteiger partial charge is 0.467 e. The van der Waals surface area contributed by atoms with Crippen molar-refractivity contribution < 1.29 is 13.9 Å². The van der Waals surface area contributed by atoms with E-state index in [1.165, 1.54) is 0 Å². The van der Waals surface area contributed by atoms with Gasteiger partial charge in [-0.25, -0.2) is 9.18 Å². The van der Waals surface area contributed by atoms with Gasteiger partial charge in [-0.3, -0.25) is 0 Å². The lowest BCUT2D eigenvalue weighted by Crippen LogP contribution is -2.33. The number of methoxy groups -OCH3 is 1. The van der Waals surface area contributed by atoms with Crippen LogP contribution >= 0.6 is 39.1 Å². The Morgan fingerprint density at radius 3 is 2.40 bits per heavy atom. The smallest absolute Gasteiger partial charge is 0.342 e. The van der Waals surface area contributed by atoms with Crippen LogP contribution in [0.2, 0.25) is 0 Å². The molecular formula is C4H4BrCl2FO2. The van der Waals surface area contributed by atoms with Crippen LogP contribution in [0, 0.1) is 0 Å². The Morgan fingerprint density at radius 1 is 1.90 bits per heavy atom. The zero-order chi connectivity index (χ0) is 8.36. The summed E-state index contributed by atoms with van der Waals surface area (Å²) in [7, 11) is 1.08. The molecule has 0 saturated heterocycles. The number of alkyl halides is 4. The molecule has 0 fully saturated rings. The van der Waals surface area contributed by atoms with Crippen molar-refractivity contribution in [3.05, 3.63) is 0 Å². The Hall–Kier alpha value is 0.460. The summed E-state index contributed by atoms with van der Waals surface area (Å²) in [6.07, 6.45) is 0. The zero-order valence-electron chi connectivity index (χ0n) is 4.91. The fraction of sp³-hybridized carbons (Fsp3) is 0.750. The Morgan fingerprint density at radius 2 is 2.30 bits per heavy atom. The van der Waals surface area contributed by atoms with Crippen molar-refractivity contribution in [2.24, 2.45) is 0 Å². The van der Waals surface area contributed by atoms with Gasteiger partial charge in [0.25, 0.3) is 0 Å². The minimum Gasteiger partial charge on any atom is -0.467 e. The fourth-order valence-electron chi connectivity index (χ4n) is 0.225. The lowest BCUT2D eigenvalue weighted by atomic mass is 10.5. The average molecular weight is 254 g/mol. The molecule has 0 heterocycles. The fourth-order valence-corrected chi connectivity index (χ4v) is 0.553. The number of esters is 1. The topological polar surface area (TPSA) is 26.3 Å². The van der Waals surface area contributed by atoms with Gasteiger partial charge in [0, 0.05) is 0 Å². The Bertz CT molecular complexity index is 139. The molecule has 0 aliphatic carbocycles. The number of carbonyl (C=O) groups excluding carboxylic acids is 1. The Balaban J connectivity index is 4.24. The van der Waals surface area contributed by atoms with Crippen molar-refractivity contribution in [1.29, 1.82) is 0 Å². The second kappa shape index (κ2) is 3.74. The molecule has 0 aliphatic heterocycles. The van der Waals surface area contributed by atoms with E-state index in [1.54, 1.807) is 0 Å². The number of ether oxygens (including phenoxy) is 1. The van der Waals surface area contributed by atoms with Crippen LogP contribution < -0.4 is 0 Å². The first-order valence-electron chi connectivity index (χ1n) is 2.17. The van der Waals surface area contributed by atoms with Crippen LogP contribution in [-0.4, -0.2) is 22.5 Å². The monoisotopic (exact) mass is 252 g/mol. The van der Waals surface area contributed by atoms with Gasteiger partial charge in [-0.05, 0) is 0 Å². The zero-order valence-corrected chi connectivity index (χ0v) is 8.00. The number of carbonyl (C=O) groups is 1. The summed E-state index contributed by atoms with van der Waals surface area (Å²) in [6.45, 7) is 0. The summed E-state index contributed by atoms with van der Waals surface area (Å²) in [5.74, 6) is -0.961. The molecule has 60 valence electrons. The summed E-state index contributed by atoms with van der Waals surface area (Å²) in [4.78, 5) is 10.5. The minimum absolute atomic E-state index is 0.961. The van der Waals surface area contributed by atoms with E-state index in [1.807, 2.05) is 0 Å². The third-order valence-corrected chi connectivity index (χ3v) is 2.51. The standard InChI is InChI=1S/C4H4BrCl2FO2/c1-10-3(9)4(5,7)2(6)8/h2H,1H3. The highest BCUT2D eigenvalue weighted by molar-refractivity contribution is 9.10. The quantitative estimate of drug-likeness (QED) is 0.556. The molecule has 0 rings (SSSR count). The van der Waals surface area contributed by atoms with E-state index in [4.69, 9.17) is 23.2 Å². The molecule has 0 bridgehead atoms. The summed E-state index contributed by atoms with van der Waals surface area (Å²) in [6, 6.07) is 0. The van der Waals surface area contributed by atoms with E-state index in [0.29, 0.717) is 0 Å². The summed E-state index contributed by atoms with van der Waals surface area (Å²) >= 11 is 12.7. The predicted molar refractivity (Wildman–Crippen MR) is 40.3 cm³/mol. The van der Waals surface area contributed by atoms with Crippen LogP contribution in [-0.2, 0) is 9.53 Å². The van der Waals surface area contributed by atoms with E-state index in [9.17, 15) is 9.18 Å². The summed E-state index contributed by atoms with van der Waals surface area (Å²) in [5.41, 5.74) is -2.03. The van der Waals surface area contributed by atoms with E-state index >= 15 is 0 Å². The van der Waals surface area contributed by atoms with E-state index < -0.39 is 15.4 Å². The van der Waals surface area contributed by atoms with Crippen molar-refractivity contribution in [2.45, 2.75) is 9.41 Å². The highest BCUT2D eigenvalue weighted by atomic mass is 79.9. The van der Waals surface area contributed by atoms with Gasteiger partial charge >= 0.3 is 5.97 Å². The number of halogens is 4. The Labute approximate surface area is 75.7 Å². The molecule has 2 nitrogen and oxygen atoms in total. The number of hydrogen-bond acceptors (Lipinski definition) is 2. The lowest BCUT2D eigenvalue weighted by Gasteiger charge is -2.15. The van der Waals surface area contributed by atoms with E-state index in [2.05, 4.69) is 20.7 Å². The van der Waals surface area contributed by atoms with Gasteiger partial charge in [0.1, 0.15) is 0 Å². The molecule has 6 heteroatoms. The van der Waals surface area contributed by atoms with E-state index in [-0.39, 0.29) is 0 Å². The van der Waals surface area contributed by atoms with Gasteiger partial charge in [0.05, 0.1) is 7.11 Å². The second-order valence-corrected chi connectivity index (χ2v) is 4.10. The van der Waals surface area contributed by atoms with Crippen LogP contribution in [0.15, 0.2) is 0 Å². The average Bonchev–Trinajstić information content (AvgIpc) is 1.86. The van der Waals surface area contributed by atoms with Gasteiger partial charge in [-0.2, -0.15) is 0 Å². The molecule has 0 aliphatic rings. The minimum atomic E-state index is -2.03. The molecule has 2 unspecified atom stereocenters. The highest BCUT2D eigenvalue weighted by Gasteiger charge is 2.42. The highest BCUT2D eigenvalue weighted by Crippen LogP contribution is 2.33. The van der Waals surface area contributed by atoms with Gasteiger partial charge < -0.3 is 4.74 Å². The maximum atomic E-state index is 12.2. The first-order valence-corrected chi connectivity index (χ1v) is 3.78. The van der Waals surface area contributed by atoms with Crippen molar-refractivity contribution in [1.82, 2.24) is 0 Å². The van der Waals surface area contributed by atoms with Gasteiger partial charge in [0.2, 0.25) is 9.41 Å². The first kappa shape index (κ1) is 10.5. The molecule has 0 radical (unpaired) electrons. The van der Waals surface area contributed by atoms with Gasteiger partial charge in [0.15, 0.2) is 0 Å². The van der Waals surface area contributed by atoms with Crippen molar-refractivity contribution in [2.75, 3.05) is 7.11 Å². The van der Waals surface area contributed by atoms with Crippen molar-refractivity contribution >= 4 is 45.1 Å². The van der Waals surface area contributed by atoms with Crippen molar-refractivity contribution in [3.8, 4) is 0 Å². The first-order chi connectivity index (χ1) is 4.42. The molecule has 10 heavy (non-hydrogen) atoms. The van der Waals surface area contributed by atoms with Gasteiger partial charge in [-0.1, -0.05) is 39.1 Å². The molecule has 0 N–H and O–H groups in total.